The SMILES string of the molecule is c1ccn2c(-c3nccc(NC4CCOCC4)n3)cnc2c1. The fourth-order valence-electron chi connectivity index (χ4n) is 2.71. The number of rotatable bonds is 3. The summed E-state index contributed by atoms with van der Waals surface area (Å²) in [5.41, 5.74) is 1.79. The first-order valence-electron chi connectivity index (χ1n) is 7.50. The highest BCUT2D eigenvalue weighted by Crippen LogP contribution is 2.19. The number of pyridine rings is 1. The minimum atomic E-state index is 0.415. The van der Waals surface area contributed by atoms with Crippen LogP contribution in [0.5, 0.6) is 0 Å². The summed E-state index contributed by atoms with van der Waals surface area (Å²) in [5, 5.41) is 3.47. The van der Waals surface area contributed by atoms with Crippen LogP contribution in [0.1, 0.15) is 12.8 Å². The molecule has 22 heavy (non-hydrogen) atoms. The minimum absolute atomic E-state index is 0.415. The third-order valence-corrected chi connectivity index (χ3v) is 3.87. The Bertz CT molecular complexity index is 779. The highest BCUT2D eigenvalue weighted by molar-refractivity contribution is 5.58. The molecule has 1 fully saturated rings. The minimum Gasteiger partial charge on any atom is -0.381 e. The van der Waals surface area contributed by atoms with Gasteiger partial charge in [-0.3, -0.25) is 4.40 Å². The first-order valence-corrected chi connectivity index (χ1v) is 7.50. The molecule has 1 saturated heterocycles. The van der Waals surface area contributed by atoms with E-state index in [0.717, 1.165) is 43.2 Å². The molecule has 0 saturated carbocycles. The molecule has 6 nitrogen and oxygen atoms in total. The number of hydrogen-bond acceptors (Lipinski definition) is 5. The Balaban J connectivity index is 1.63. The Kier molecular flexibility index (Phi) is 3.44. The Morgan fingerprint density at radius 2 is 2.05 bits per heavy atom. The molecule has 4 heterocycles. The summed E-state index contributed by atoms with van der Waals surface area (Å²) in [6.07, 6.45) is 7.58. The van der Waals surface area contributed by atoms with E-state index >= 15 is 0 Å². The molecule has 1 aliphatic rings. The molecular formula is C16H17N5O. The van der Waals surface area contributed by atoms with Crippen molar-refractivity contribution in [2.24, 2.45) is 0 Å². The molecule has 112 valence electrons. The van der Waals surface area contributed by atoms with E-state index in [1.165, 1.54) is 0 Å². The fourth-order valence-corrected chi connectivity index (χ4v) is 2.71. The van der Waals surface area contributed by atoms with Gasteiger partial charge in [-0.15, -0.1) is 0 Å². The van der Waals surface area contributed by atoms with Gasteiger partial charge in [0.2, 0.25) is 0 Å². The van der Waals surface area contributed by atoms with Gasteiger partial charge >= 0.3 is 0 Å². The molecular weight excluding hydrogens is 278 g/mol. The van der Waals surface area contributed by atoms with Crippen molar-refractivity contribution in [1.29, 1.82) is 0 Å². The Morgan fingerprint density at radius 1 is 1.14 bits per heavy atom. The van der Waals surface area contributed by atoms with E-state index in [9.17, 15) is 0 Å². The van der Waals surface area contributed by atoms with Gasteiger partial charge in [-0.25, -0.2) is 15.0 Å². The van der Waals surface area contributed by atoms with Gasteiger partial charge in [-0.1, -0.05) is 6.07 Å². The molecule has 0 aliphatic carbocycles. The van der Waals surface area contributed by atoms with Crippen molar-refractivity contribution in [2.45, 2.75) is 18.9 Å². The van der Waals surface area contributed by atoms with Crippen molar-refractivity contribution < 1.29 is 4.74 Å². The lowest BCUT2D eigenvalue weighted by molar-refractivity contribution is 0.0904. The molecule has 1 aliphatic heterocycles. The molecule has 0 spiro atoms. The molecule has 4 rings (SSSR count). The quantitative estimate of drug-likeness (QED) is 0.803. The van der Waals surface area contributed by atoms with E-state index in [-0.39, 0.29) is 0 Å². The number of ether oxygens (including phenoxy) is 1. The lowest BCUT2D eigenvalue weighted by Crippen LogP contribution is -2.28. The maximum absolute atomic E-state index is 5.38. The summed E-state index contributed by atoms with van der Waals surface area (Å²) in [5.74, 6) is 1.53. The largest absolute Gasteiger partial charge is 0.381 e. The van der Waals surface area contributed by atoms with E-state index in [1.54, 1.807) is 6.20 Å². The van der Waals surface area contributed by atoms with Gasteiger partial charge in [-0.05, 0) is 31.0 Å². The highest BCUT2D eigenvalue weighted by atomic mass is 16.5. The van der Waals surface area contributed by atoms with Gasteiger partial charge in [0.25, 0.3) is 0 Å². The van der Waals surface area contributed by atoms with Gasteiger partial charge in [0.1, 0.15) is 17.2 Å². The molecule has 3 aromatic rings. The van der Waals surface area contributed by atoms with Crippen molar-refractivity contribution in [3.8, 4) is 11.5 Å². The molecule has 6 heteroatoms. The molecule has 0 aromatic carbocycles. The van der Waals surface area contributed by atoms with E-state index in [4.69, 9.17) is 4.74 Å². The zero-order valence-corrected chi connectivity index (χ0v) is 12.1. The summed E-state index contributed by atoms with van der Waals surface area (Å²) >= 11 is 0. The number of fused-ring (bicyclic) bond motifs is 1. The number of anilines is 1. The van der Waals surface area contributed by atoms with Crippen LogP contribution in [0.2, 0.25) is 0 Å². The normalized spacial score (nSPS) is 16.0. The number of nitrogens with one attached hydrogen (secondary N) is 1. The lowest BCUT2D eigenvalue weighted by atomic mass is 10.1. The van der Waals surface area contributed by atoms with E-state index < -0.39 is 0 Å². The van der Waals surface area contributed by atoms with Crippen LogP contribution in [-0.2, 0) is 4.74 Å². The van der Waals surface area contributed by atoms with Crippen LogP contribution < -0.4 is 5.32 Å². The third kappa shape index (κ3) is 2.53. The predicted octanol–water partition coefficient (Wildman–Crippen LogP) is 2.38. The van der Waals surface area contributed by atoms with Crippen molar-refractivity contribution in [3.63, 3.8) is 0 Å². The summed E-state index contributed by atoms with van der Waals surface area (Å²) in [7, 11) is 0. The topological polar surface area (TPSA) is 64.3 Å². The van der Waals surface area contributed by atoms with E-state index in [2.05, 4.69) is 20.3 Å². The van der Waals surface area contributed by atoms with Crippen LogP contribution >= 0.6 is 0 Å². The number of hydrogen-bond donors (Lipinski definition) is 1. The molecule has 1 N–H and O–H groups in total. The summed E-state index contributed by atoms with van der Waals surface area (Å²) in [4.78, 5) is 13.4. The summed E-state index contributed by atoms with van der Waals surface area (Å²) in [6, 6.07) is 8.23. The Morgan fingerprint density at radius 3 is 2.95 bits per heavy atom. The van der Waals surface area contributed by atoms with Gasteiger partial charge in [0, 0.05) is 31.6 Å². The smallest absolute Gasteiger partial charge is 0.180 e. The average molecular weight is 295 g/mol. The van der Waals surface area contributed by atoms with Crippen LogP contribution in [0.15, 0.2) is 42.9 Å². The number of aromatic nitrogens is 4. The van der Waals surface area contributed by atoms with Crippen LogP contribution in [0.4, 0.5) is 5.82 Å². The molecule has 0 atom stereocenters. The Labute approximate surface area is 128 Å². The maximum Gasteiger partial charge on any atom is 0.180 e. The zero-order chi connectivity index (χ0) is 14.8. The molecule has 0 amide bonds. The van der Waals surface area contributed by atoms with Crippen molar-refractivity contribution in [2.75, 3.05) is 18.5 Å². The molecule has 0 unspecified atom stereocenters. The van der Waals surface area contributed by atoms with Crippen molar-refractivity contribution in [1.82, 2.24) is 19.4 Å². The van der Waals surface area contributed by atoms with Crippen LogP contribution in [0.25, 0.3) is 17.2 Å². The highest BCUT2D eigenvalue weighted by Gasteiger charge is 2.15. The second kappa shape index (κ2) is 5.73. The van der Waals surface area contributed by atoms with Gasteiger partial charge in [-0.2, -0.15) is 0 Å². The zero-order valence-electron chi connectivity index (χ0n) is 12.1. The van der Waals surface area contributed by atoms with Crippen LogP contribution in [0.3, 0.4) is 0 Å². The first kappa shape index (κ1) is 13.2. The first-order chi connectivity index (χ1) is 10.9. The molecule has 0 radical (unpaired) electrons. The Hall–Kier alpha value is -2.47. The van der Waals surface area contributed by atoms with Gasteiger partial charge in [0.15, 0.2) is 5.82 Å². The van der Waals surface area contributed by atoms with Crippen LogP contribution in [0, 0.1) is 0 Å². The third-order valence-electron chi connectivity index (χ3n) is 3.87. The average Bonchev–Trinajstić information content (AvgIpc) is 3.00. The summed E-state index contributed by atoms with van der Waals surface area (Å²) < 4.78 is 7.38. The van der Waals surface area contributed by atoms with E-state index in [0.29, 0.717) is 11.9 Å². The maximum atomic E-state index is 5.38. The monoisotopic (exact) mass is 295 g/mol. The predicted molar refractivity (Wildman–Crippen MR) is 83.7 cm³/mol. The second-order valence-electron chi connectivity index (χ2n) is 5.37. The molecule has 3 aromatic heterocycles. The van der Waals surface area contributed by atoms with Crippen LogP contribution in [-0.4, -0.2) is 38.6 Å². The number of nitrogens with zero attached hydrogens (tertiary/aromatic N) is 4. The lowest BCUT2D eigenvalue weighted by Gasteiger charge is -2.23. The van der Waals surface area contributed by atoms with Gasteiger partial charge < -0.3 is 10.1 Å². The second-order valence-corrected chi connectivity index (χ2v) is 5.37. The van der Waals surface area contributed by atoms with Crippen molar-refractivity contribution >= 4 is 11.5 Å². The van der Waals surface area contributed by atoms with E-state index in [1.807, 2.05) is 41.1 Å². The standard InChI is InChI=1S/C16H17N5O/c1-2-8-21-13(11-18-15(21)3-1)16-17-7-4-14(20-16)19-12-5-9-22-10-6-12/h1-4,7-8,11-12H,5-6,9-10H2,(H,17,19,20). The summed E-state index contributed by atoms with van der Waals surface area (Å²) in [6.45, 7) is 1.62. The van der Waals surface area contributed by atoms with Gasteiger partial charge in [0.05, 0.1) is 6.20 Å². The van der Waals surface area contributed by atoms with Crippen molar-refractivity contribution in [3.05, 3.63) is 42.9 Å². The fraction of sp³-hybridized carbons (Fsp3) is 0.312. The number of imidazole rings is 1. The molecule has 0 bridgehead atoms.